The van der Waals surface area contributed by atoms with E-state index in [9.17, 15) is 0 Å². The number of rotatable bonds is 7. The smallest absolute Gasteiger partial charge is 0.249 e. The third-order valence-corrected chi connectivity index (χ3v) is 2.66. The van der Waals surface area contributed by atoms with Crippen molar-refractivity contribution in [2.75, 3.05) is 30.9 Å². The van der Waals surface area contributed by atoms with E-state index in [2.05, 4.69) is 31.9 Å². The van der Waals surface area contributed by atoms with E-state index < -0.39 is 0 Å². The summed E-state index contributed by atoms with van der Waals surface area (Å²) >= 11 is 0. The zero-order valence-electron chi connectivity index (χ0n) is 11.7. The van der Waals surface area contributed by atoms with Gasteiger partial charge < -0.3 is 15.4 Å². The molecule has 108 valence electrons. The Hall–Kier alpha value is -2.72. The molecule has 21 heavy (non-hydrogen) atoms. The molecule has 0 saturated carbocycles. The molecule has 0 atom stereocenters. The highest BCUT2D eigenvalue weighted by molar-refractivity contribution is 5.55. The number of nitriles is 1. The van der Waals surface area contributed by atoms with Crippen LogP contribution >= 0.6 is 0 Å². The summed E-state index contributed by atoms with van der Waals surface area (Å²) in [5.74, 6) is 1.05. The second kappa shape index (κ2) is 7.77. The molecule has 1 aromatic carbocycles. The lowest BCUT2D eigenvalue weighted by atomic mass is 10.2. The average Bonchev–Trinajstić information content (AvgIpc) is 2.53. The first-order valence-electron chi connectivity index (χ1n) is 6.51. The zero-order chi connectivity index (χ0) is 14.9. The van der Waals surface area contributed by atoms with Gasteiger partial charge in [-0.25, -0.2) is 0 Å². The van der Waals surface area contributed by atoms with Gasteiger partial charge in [-0.15, -0.1) is 5.10 Å². The number of ether oxygens (including phenoxy) is 1. The first kappa shape index (κ1) is 14.7. The Morgan fingerprint density at radius 3 is 2.81 bits per heavy atom. The van der Waals surface area contributed by atoms with Crippen LogP contribution in [0.5, 0.6) is 0 Å². The van der Waals surface area contributed by atoms with Crippen LogP contribution in [0.2, 0.25) is 0 Å². The second-order valence-electron chi connectivity index (χ2n) is 4.25. The lowest BCUT2D eigenvalue weighted by molar-refractivity contribution is 0.197. The normalized spacial score (nSPS) is 9.90. The first-order valence-corrected chi connectivity index (χ1v) is 6.51. The predicted molar refractivity (Wildman–Crippen MR) is 79.2 cm³/mol. The van der Waals surface area contributed by atoms with Crippen molar-refractivity contribution >= 4 is 17.5 Å². The summed E-state index contributed by atoms with van der Waals surface area (Å²) in [7, 11) is 1.67. The fourth-order valence-electron chi connectivity index (χ4n) is 1.63. The molecule has 7 heteroatoms. The first-order chi connectivity index (χ1) is 10.3. The number of anilines is 3. The number of hydrogen-bond acceptors (Lipinski definition) is 7. The molecule has 0 aliphatic carbocycles. The molecule has 0 amide bonds. The standard InChI is InChI=1S/C14H16N6O/c1-21-8-2-7-16-13-10-17-20-14(19-13)18-12-5-3-11(9-15)4-6-12/h3-6,10H,2,7-8H2,1H3,(H2,16,18,19,20). The maximum Gasteiger partial charge on any atom is 0.249 e. The van der Waals surface area contributed by atoms with Gasteiger partial charge >= 0.3 is 0 Å². The number of hydrogen-bond donors (Lipinski definition) is 2. The summed E-state index contributed by atoms with van der Waals surface area (Å²) in [6, 6.07) is 9.10. The van der Waals surface area contributed by atoms with E-state index in [4.69, 9.17) is 10.00 Å². The minimum absolute atomic E-state index is 0.399. The van der Waals surface area contributed by atoms with Crippen molar-refractivity contribution in [3.63, 3.8) is 0 Å². The topological polar surface area (TPSA) is 95.8 Å². The molecule has 0 unspecified atom stereocenters. The van der Waals surface area contributed by atoms with E-state index in [1.807, 2.05) is 0 Å². The van der Waals surface area contributed by atoms with Crippen LogP contribution in [0, 0.1) is 11.3 Å². The molecule has 0 aliphatic heterocycles. The van der Waals surface area contributed by atoms with Crippen molar-refractivity contribution in [2.45, 2.75) is 6.42 Å². The molecule has 2 aromatic rings. The van der Waals surface area contributed by atoms with Gasteiger partial charge in [0.25, 0.3) is 0 Å². The van der Waals surface area contributed by atoms with Crippen LogP contribution in [0.3, 0.4) is 0 Å². The lowest BCUT2D eigenvalue weighted by Gasteiger charge is -2.07. The summed E-state index contributed by atoms with van der Waals surface area (Å²) in [4.78, 5) is 4.31. The van der Waals surface area contributed by atoms with Gasteiger partial charge in [-0.1, -0.05) is 0 Å². The number of methoxy groups -OCH3 is 1. The molecule has 1 heterocycles. The van der Waals surface area contributed by atoms with Crippen molar-refractivity contribution in [1.29, 1.82) is 5.26 Å². The van der Waals surface area contributed by atoms with Crippen LogP contribution in [-0.4, -0.2) is 35.4 Å². The van der Waals surface area contributed by atoms with Gasteiger partial charge in [-0.05, 0) is 30.7 Å². The molecule has 0 bridgehead atoms. The molecule has 0 saturated heterocycles. The van der Waals surface area contributed by atoms with E-state index >= 15 is 0 Å². The van der Waals surface area contributed by atoms with Gasteiger partial charge in [0.15, 0.2) is 5.82 Å². The maximum absolute atomic E-state index is 8.75. The van der Waals surface area contributed by atoms with E-state index in [-0.39, 0.29) is 0 Å². The van der Waals surface area contributed by atoms with Gasteiger partial charge in [-0.3, -0.25) is 0 Å². The van der Waals surface area contributed by atoms with E-state index in [0.717, 1.165) is 18.7 Å². The Kier molecular flexibility index (Phi) is 5.43. The van der Waals surface area contributed by atoms with Gasteiger partial charge in [0.1, 0.15) is 0 Å². The third-order valence-electron chi connectivity index (χ3n) is 2.66. The number of nitrogens with zero attached hydrogens (tertiary/aromatic N) is 4. The van der Waals surface area contributed by atoms with Crippen molar-refractivity contribution in [3.8, 4) is 6.07 Å². The highest BCUT2D eigenvalue weighted by atomic mass is 16.5. The number of nitrogens with one attached hydrogen (secondary N) is 2. The second-order valence-corrected chi connectivity index (χ2v) is 4.25. The SMILES string of the molecule is COCCCNc1cnnc(Nc2ccc(C#N)cc2)n1. The van der Waals surface area contributed by atoms with E-state index in [0.29, 0.717) is 23.9 Å². The van der Waals surface area contributed by atoms with Crippen LogP contribution in [0.4, 0.5) is 17.5 Å². The molecule has 0 aliphatic rings. The molecule has 0 spiro atoms. The van der Waals surface area contributed by atoms with Crippen LogP contribution < -0.4 is 10.6 Å². The number of benzene rings is 1. The van der Waals surface area contributed by atoms with Gasteiger partial charge in [-0.2, -0.15) is 15.3 Å². The molecule has 1 aromatic heterocycles. The highest BCUT2D eigenvalue weighted by Gasteiger charge is 2.01. The van der Waals surface area contributed by atoms with E-state index in [1.54, 1.807) is 37.6 Å². The van der Waals surface area contributed by atoms with Gasteiger partial charge in [0.2, 0.25) is 5.95 Å². The average molecular weight is 284 g/mol. The molecule has 0 radical (unpaired) electrons. The zero-order valence-corrected chi connectivity index (χ0v) is 11.7. The molecular weight excluding hydrogens is 268 g/mol. The minimum Gasteiger partial charge on any atom is -0.385 e. The maximum atomic E-state index is 8.75. The van der Waals surface area contributed by atoms with Gasteiger partial charge in [0, 0.05) is 25.9 Å². The van der Waals surface area contributed by atoms with E-state index in [1.165, 1.54) is 0 Å². The third kappa shape index (κ3) is 4.71. The molecule has 2 N–H and O–H groups in total. The van der Waals surface area contributed by atoms with Crippen molar-refractivity contribution in [3.05, 3.63) is 36.0 Å². The summed E-state index contributed by atoms with van der Waals surface area (Å²) in [5, 5.41) is 22.8. The predicted octanol–water partition coefficient (Wildman–Crippen LogP) is 1.94. The molecule has 7 nitrogen and oxygen atoms in total. The Morgan fingerprint density at radius 1 is 1.29 bits per heavy atom. The van der Waals surface area contributed by atoms with Crippen LogP contribution in [0.25, 0.3) is 0 Å². The number of aromatic nitrogens is 3. The van der Waals surface area contributed by atoms with Crippen molar-refractivity contribution in [1.82, 2.24) is 15.2 Å². The summed E-state index contributed by atoms with van der Waals surface area (Å²) in [5.41, 5.74) is 1.40. The van der Waals surface area contributed by atoms with Gasteiger partial charge in [0.05, 0.1) is 17.8 Å². The Labute approximate surface area is 123 Å². The van der Waals surface area contributed by atoms with Crippen molar-refractivity contribution < 1.29 is 4.74 Å². The fourth-order valence-corrected chi connectivity index (χ4v) is 1.63. The van der Waals surface area contributed by atoms with Crippen molar-refractivity contribution in [2.24, 2.45) is 0 Å². The summed E-state index contributed by atoms with van der Waals surface area (Å²) < 4.78 is 4.98. The summed E-state index contributed by atoms with van der Waals surface area (Å²) in [6.07, 6.45) is 2.45. The summed E-state index contributed by atoms with van der Waals surface area (Å²) in [6.45, 7) is 1.45. The molecular formula is C14H16N6O. The van der Waals surface area contributed by atoms with Crippen LogP contribution in [0.15, 0.2) is 30.5 Å². The minimum atomic E-state index is 0.399. The highest BCUT2D eigenvalue weighted by Crippen LogP contribution is 2.14. The molecule has 0 fully saturated rings. The monoisotopic (exact) mass is 284 g/mol. The Bertz CT molecular complexity index is 608. The molecule has 2 rings (SSSR count). The Morgan fingerprint density at radius 2 is 2.10 bits per heavy atom. The van der Waals surface area contributed by atoms with Crippen LogP contribution in [0.1, 0.15) is 12.0 Å². The lowest BCUT2D eigenvalue weighted by Crippen LogP contribution is -2.08. The Balaban J connectivity index is 1.95. The largest absolute Gasteiger partial charge is 0.385 e. The van der Waals surface area contributed by atoms with Crippen LogP contribution in [-0.2, 0) is 4.74 Å². The quantitative estimate of drug-likeness (QED) is 0.750. The fraction of sp³-hybridized carbons (Fsp3) is 0.286.